The zero-order valence-corrected chi connectivity index (χ0v) is 14.0. The Hall–Kier alpha value is -1.43. The number of aryl methyl sites for hydroxylation is 1. The number of hydrogen-bond acceptors (Lipinski definition) is 5. The Morgan fingerprint density at radius 2 is 2.30 bits per heavy atom. The first kappa shape index (κ1) is 15.0. The molecule has 2 N–H and O–H groups in total. The van der Waals surface area contributed by atoms with E-state index in [1.54, 1.807) is 0 Å². The highest BCUT2D eigenvalue weighted by atomic mass is 79.9. The van der Waals surface area contributed by atoms with Gasteiger partial charge in [-0.2, -0.15) is 10.5 Å². The van der Waals surface area contributed by atoms with Gasteiger partial charge in [-0.25, -0.2) is 0 Å². The predicted octanol–water partition coefficient (Wildman–Crippen LogP) is 3.66. The molecule has 1 aromatic carbocycles. The number of allylic oxidation sites excluding steroid dienone is 1. The van der Waals surface area contributed by atoms with Gasteiger partial charge >= 0.3 is 0 Å². The molecule has 20 heavy (non-hydrogen) atoms. The first-order valence-corrected chi connectivity index (χ1v) is 7.25. The maximum Gasteiger partial charge on any atom is 0.216 e. The Balaban J connectivity index is 2.36. The quantitative estimate of drug-likeness (QED) is 0.586. The highest BCUT2D eigenvalue weighted by Gasteiger charge is 2.12. The second-order valence-electron chi connectivity index (χ2n) is 3.73. The molecule has 1 heterocycles. The summed E-state index contributed by atoms with van der Waals surface area (Å²) in [5.74, 6) is 0.219. The third-order valence-corrected chi connectivity index (χ3v) is 4.69. The molecule has 0 bridgehead atoms. The van der Waals surface area contributed by atoms with Crippen LogP contribution in [0.25, 0.3) is 5.57 Å². The smallest absolute Gasteiger partial charge is 0.216 e. The van der Waals surface area contributed by atoms with Crippen LogP contribution in [0.1, 0.15) is 11.4 Å². The molecule has 9 heteroatoms. The maximum absolute atomic E-state index is 9.09. The lowest BCUT2D eigenvalue weighted by Crippen LogP contribution is -1.97. The molecule has 0 saturated carbocycles. The van der Waals surface area contributed by atoms with Gasteiger partial charge in [-0.15, -0.1) is 10.2 Å². The van der Waals surface area contributed by atoms with Crippen molar-refractivity contribution in [3.63, 3.8) is 0 Å². The third-order valence-electron chi connectivity index (χ3n) is 2.43. The number of H-pyrrole nitrogens is 1. The number of aromatic amines is 1. The Morgan fingerprint density at radius 1 is 1.55 bits per heavy atom. The molecule has 2 rings (SSSR count). The molecule has 0 fully saturated rings. The van der Waals surface area contributed by atoms with E-state index in [0.717, 1.165) is 15.7 Å². The fraction of sp³-hybridized carbons (Fsp3) is 0.0909. The summed E-state index contributed by atoms with van der Waals surface area (Å²) in [4.78, 5) is 0. The van der Waals surface area contributed by atoms with Crippen LogP contribution >= 0.6 is 43.5 Å². The van der Waals surface area contributed by atoms with E-state index in [4.69, 9.17) is 16.9 Å². The number of tetrazole rings is 1. The Labute approximate surface area is 136 Å². The standard InChI is InChI=1S/C11H7Br2ClN6/c1-5-2-7(12)9(14)8(13)10(5)16-4-6(3-15)11-17-19-20-18-11/h2,4,16H,1H3,(H,17,18,19,20). The lowest BCUT2D eigenvalue weighted by Gasteiger charge is -2.11. The van der Waals surface area contributed by atoms with Crippen LogP contribution in [-0.2, 0) is 0 Å². The normalized spacial score (nSPS) is 11.2. The van der Waals surface area contributed by atoms with Crippen LogP contribution in [0, 0.1) is 18.3 Å². The summed E-state index contributed by atoms with van der Waals surface area (Å²) >= 11 is 12.9. The van der Waals surface area contributed by atoms with Crippen molar-refractivity contribution in [2.45, 2.75) is 6.92 Å². The van der Waals surface area contributed by atoms with Crippen LogP contribution in [0.2, 0.25) is 5.02 Å². The van der Waals surface area contributed by atoms with E-state index in [0.29, 0.717) is 9.50 Å². The van der Waals surface area contributed by atoms with Crippen molar-refractivity contribution in [2.75, 3.05) is 5.32 Å². The van der Waals surface area contributed by atoms with Crippen molar-refractivity contribution in [3.05, 3.63) is 37.6 Å². The molecule has 0 spiro atoms. The van der Waals surface area contributed by atoms with Crippen molar-refractivity contribution >= 4 is 54.7 Å². The van der Waals surface area contributed by atoms with E-state index in [1.807, 2.05) is 19.1 Å². The minimum Gasteiger partial charge on any atom is -0.359 e. The summed E-state index contributed by atoms with van der Waals surface area (Å²) in [5, 5.41) is 25.9. The summed E-state index contributed by atoms with van der Waals surface area (Å²) in [7, 11) is 0. The molecule has 0 unspecified atom stereocenters. The van der Waals surface area contributed by atoms with Crippen molar-refractivity contribution in [2.24, 2.45) is 0 Å². The first-order valence-electron chi connectivity index (χ1n) is 5.29. The number of hydrogen-bond donors (Lipinski definition) is 2. The number of rotatable bonds is 3. The Kier molecular flexibility index (Phi) is 4.75. The molecular weight excluding hydrogens is 411 g/mol. The van der Waals surface area contributed by atoms with E-state index < -0.39 is 0 Å². The molecule has 0 aliphatic rings. The number of benzene rings is 1. The number of anilines is 1. The lowest BCUT2D eigenvalue weighted by atomic mass is 10.2. The molecule has 102 valence electrons. The fourth-order valence-electron chi connectivity index (χ4n) is 1.46. The van der Waals surface area contributed by atoms with Gasteiger partial charge in [-0.1, -0.05) is 11.6 Å². The van der Waals surface area contributed by atoms with Crippen LogP contribution in [-0.4, -0.2) is 20.6 Å². The van der Waals surface area contributed by atoms with Gasteiger partial charge in [-0.3, -0.25) is 0 Å². The number of halogens is 3. The van der Waals surface area contributed by atoms with Crippen molar-refractivity contribution in [1.82, 2.24) is 20.6 Å². The van der Waals surface area contributed by atoms with Gasteiger partial charge in [-0.05, 0) is 55.6 Å². The third kappa shape index (κ3) is 3.00. The van der Waals surface area contributed by atoms with Gasteiger partial charge in [0.15, 0.2) is 0 Å². The zero-order chi connectivity index (χ0) is 14.7. The van der Waals surface area contributed by atoms with E-state index in [-0.39, 0.29) is 11.4 Å². The number of nitrogens with zero attached hydrogens (tertiary/aromatic N) is 4. The van der Waals surface area contributed by atoms with Crippen molar-refractivity contribution in [1.29, 1.82) is 5.26 Å². The highest BCUT2D eigenvalue weighted by Crippen LogP contribution is 2.38. The molecular formula is C11H7Br2ClN6. The highest BCUT2D eigenvalue weighted by molar-refractivity contribution is 9.11. The van der Waals surface area contributed by atoms with Gasteiger partial charge in [0.25, 0.3) is 0 Å². The molecule has 0 radical (unpaired) electrons. The van der Waals surface area contributed by atoms with Gasteiger partial charge in [0.2, 0.25) is 5.82 Å². The monoisotopic (exact) mass is 416 g/mol. The van der Waals surface area contributed by atoms with E-state index in [2.05, 4.69) is 57.8 Å². The van der Waals surface area contributed by atoms with Crippen molar-refractivity contribution < 1.29 is 0 Å². The average molecular weight is 418 g/mol. The number of nitrogens with one attached hydrogen (secondary N) is 2. The van der Waals surface area contributed by atoms with E-state index in [9.17, 15) is 0 Å². The molecule has 2 aromatic rings. The lowest BCUT2D eigenvalue weighted by molar-refractivity contribution is 0.881. The summed E-state index contributed by atoms with van der Waals surface area (Å²) in [5.41, 5.74) is 1.97. The largest absolute Gasteiger partial charge is 0.359 e. The second kappa shape index (κ2) is 6.35. The predicted molar refractivity (Wildman–Crippen MR) is 83.0 cm³/mol. The molecule has 0 saturated heterocycles. The van der Waals surface area contributed by atoms with Crippen molar-refractivity contribution in [3.8, 4) is 6.07 Å². The van der Waals surface area contributed by atoms with Crippen LogP contribution in [0.3, 0.4) is 0 Å². The summed E-state index contributed by atoms with van der Waals surface area (Å²) < 4.78 is 1.49. The van der Waals surface area contributed by atoms with Crippen LogP contribution in [0.4, 0.5) is 5.69 Å². The number of nitriles is 1. The molecule has 6 nitrogen and oxygen atoms in total. The van der Waals surface area contributed by atoms with Gasteiger partial charge in [0.05, 0.1) is 15.2 Å². The van der Waals surface area contributed by atoms with E-state index >= 15 is 0 Å². The topological polar surface area (TPSA) is 90.3 Å². The molecule has 0 amide bonds. The summed E-state index contributed by atoms with van der Waals surface area (Å²) in [6, 6.07) is 3.87. The van der Waals surface area contributed by atoms with Gasteiger partial charge in [0.1, 0.15) is 11.6 Å². The number of aromatic nitrogens is 4. The fourth-order valence-corrected chi connectivity index (χ4v) is 3.06. The second-order valence-corrected chi connectivity index (χ2v) is 5.75. The summed E-state index contributed by atoms with van der Waals surface area (Å²) in [6.07, 6.45) is 1.50. The minimum absolute atomic E-state index is 0.219. The molecule has 0 aliphatic carbocycles. The minimum atomic E-state index is 0.219. The van der Waals surface area contributed by atoms with E-state index in [1.165, 1.54) is 6.20 Å². The molecule has 1 aromatic heterocycles. The van der Waals surface area contributed by atoms with Crippen LogP contribution in [0.15, 0.2) is 21.2 Å². The molecule has 0 aliphatic heterocycles. The summed E-state index contributed by atoms with van der Waals surface area (Å²) in [6.45, 7) is 1.92. The maximum atomic E-state index is 9.09. The van der Waals surface area contributed by atoms with Crippen LogP contribution < -0.4 is 5.32 Å². The zero-order valence-electron chi connectivity index (χ0n) is 10.1. The molecule has 0 atom stereocenters. The van der Waals surface area contributed by atoms with Crippen LogP contribution in [0.5, 0.6) is 0 Å². The average Bonchev–Trinajstić information content (AvgIpc) is 2.94. The Morgan fingerprint density at radius 3 is 2.90 bits per heavy atom. The van der Waals surface area contributed by atoms with Gasteiger partial charge < -0.3 is 5.32 Å². The SMILES string of the molecule is Cc1cc(Br)c(Cl)c(Br)c1NC=C(C#N)c1nn[nH]n1. The first-order chi connectivity index (χ1) is 9.54. The van der Waals surface area contributed by atoms with Gasteiger partial charge in [0, 0.05) is 10.7 Å². The Bertz CT molecular complexity index is 705.